The van der Waals surface area contributed by atoms with Crippen molar-refractivity contribution in [3.8, 4) is 11.5 Å². The Morgan fingerprint density at radius 3 is 2.62 bits per heavy atom. The Labute approximate surface area is 121 Å². The van der Waals surface area contributed by atoms with Gasteiger partial charge in [-0.25, -0.2) is 0 Å². The summed E-state index contributed by atoms with van der Waals surface area (Å²) < 4.78 is 11.9. The average molecular weight is 289 g/mol. The van der Waals surface area contributed by atoms with Crippen LogP contribution in [0.1, 0.15) is 16.1 Å². The van der Waals surface area contributed by atoms with Crippen LogP contribution in [0.3, 0.4) is 0 Å². The molecular weight excluding hydrogens is 274 g/mol. The van der Waals surface area contributed by atoms with E-state index in [2.05, 4.69) is 0 Å². The van der Waals surface area contributed by atoms with Gasteiger partial charge in [0, 0.05) is 11.6 Å². The van der Waals surface area contributed by atoms with E-state index >= 15 is 0 Å². The number of hydrogen-bond donors (Lipinski definition) is 0. The van der Waals surface area contributed by atoms with Gasteiger partial charge in [0.25, 0.3) is 0 Å². The predicted octanol–water partition coefficient (Wildman–Crippen LogP) is 1.31. The first-order valence-corrected chi connectivity index (χ1v) is 6.20. The van der Waals surface area contributed by atoms with E-state index in [0.717, 1.165) is 11.6 Å². The Morgan fingerprint density at radius 1 is 1.19 bits per heavy atom. The van der Waals surface area contributed by atoms with Gasteiger partial charge in [-0.15, -0.1) is 0 Å². The lowest BCUT2D eigenvalue weighted by Crippen LogP contribution is -2.18. The van der Waals surface area contributed by atoms with E-state index < -0.39 is 0 Å². The van der Waals surface area contributed by atoms with E-state index in [0.29, 0.717) is 12.0 Å². The number of methoxy groups -OCH3 is 1. The number of para-hydroxylation sites is 1. The van der Waals surface area contributed by atoms with Crippen LogP contribution in [-0.2, 0) is 6.61 Å². The minimum atomic E-state index is -0.389. The molecule has 110 valence electrons. The lowest BCUT2D eigenvalue weighted by atomic mass is 10.2. The van der Waals surface area contributed by atoms with Crippen LogP contribution < -0.4 is 19.7 Å². The standard InChI is InChI=1S/C15H15NO5/c1-19-14-6-4-3-5-11(14)10-21-15-8-16(20-2)12(9-17)7-13(15)18/h3-9H,10H2,1-2H3. The fourth-order valence-corrected chi connectivity index (χ4v) is 1.84. The summed E-state index contributed by atoms with van der Waals surface area (Å²) in [6, 6.07) is 8.51. The van der Waals surface area contributed by atoms with Crippen LogP contribution in [0.25, 0.3) is 0 Å². The largest absolute Gasteiger partial charge is 0.496 e. The summed E-state index contributed by atoms with van der Waals surface area (Å²) in [6.07, 6.45) is 1.87. The van der Waals surface area contributed by atoms with Gasteiger partial charge >= 0.3 is 0 Å². The third kappa shape index (κ3) is 3.22. The first kappa shape index (κ1) is 14.6. The smallest absolute Gasteiger partial charge is 0.224 e. The topological polar surface area (TPSA) is 66.8 Å². The molecule has 0 radical (unpaired) electrons. The maximum absolute atomic E-state index is 11.9. The zero-order valence-electron chi connectivity index (χ0n) is 11.7. The SMILES string of the molecule is COc1ccccc1COc1cn(OC)c(C=O)cc1=O. The van der Waals surface area contributed by atoms with Crippen LogP contribution in [0.5, 0.6) is 11.5 Å². The van der Waals surface area contributed by atoms with Gasteiger partial charge in [-0.3, -0.25) is 9.59 Å². The first-order chi connectivity index (χ1) is 10.2. The van der Waals surface area contributed by atoms with Crippen molar-refractivity contribution < 1.29 is 19.1 Å². The summed E-state index contributed by atoms with van der Waals surface area (Å²) in [5.74, 6) is 0.766. The number of aldehydes is 1. The minimum absolute atomic E-state index is 0.0911. The molecule has 0 bridgehead atoms. The van der Waals surface area contributed by atoms with Crippen molar-refractivity contribution in [2.75, 3.05) is 14.2 Å². The van der Waals surface area contributed by atoms with E-state index in [1.807, 2.05) is 24.3 Å². The Hall–Kier alpha value is -2.76. The summed E-state index contributed by atoms with van der Waals surface area (Å²) in [5, 5.41) is 0. The number of hydrogen-bond acceptors (Lipinski definition) is 5. The fourth-order valence-electron chi connectivity index (χ4n) is 1.84. The monoisotopic (exact) mass is 289 g/mol. The number of ether oxygens (including phenoxy) is 2. The van der Waals surface area contributed by atoms with Crippen molar-refractivity contribution in [2.24, 2.45) is 0 Å². The molecule has 0 aliphatic heterocycles. The number of carbonyl (C=O) groups excluding carboxylic acids is 1. The molecule has 0 N–H and O–H groups in total. The van der Waals surface area contributed by atoms with E-state index in [4.69, 9.17) is 14.3 Å². The average Bonchev–Trinajstić information content (AvgIpc) is 2.53. The molecule has 0 fully saturated rings. The van der Waals surface area contributed by atoms with Gasteiger partial charge in [0.2, 0.25) is 5.43 Å². The molecule has 6 heteroatoms. The van der Waals surface area contributed by atoms with Gasteiger partial charge in [0.1, 0.15) is 25.2 Å². The van der Waals surface area contributed by atoms with Crippen molar-refractivity contribution >= 4 is 6.29 Å². The molecule has 0 aliphatic rings. The summed E-state index contributed by atoms with van der Waals surface area (Å²) in [7, 11) is 2.96. The Kier molecular flexibility index (Phi) is 4.61. The molecule has 0 amide bonds. The Balaban J connectivity index is 2.24. The van der Waals surface area contributed by atoms with Crippen LogP contribution in [-0.4, -0.2) is 25.2 Å². The van der Waals surface area contributed by atoms with Crippen molar-refractivity contribution in [1.82, 2.24) is 4.73 Å². The molecule has 21 heavy (non-hydrogen) atoms. The second-order valence-electron chi connectivity index (χ2n) is 4.15. The Morgan fingerprint density at radius 2 is 1.95 bits per heavy atom. The number of carbonyl (C=O) groups is 1. The molecule has 6 nitrogen and oxygen atoms in total. The van der Waals surface area contributed by atoms with Crippen LogP contribution in [0.4, 0.5) is 0 Å². The highest BCUT2D eigenvalue weighted by molar-refractivity contribution is 5.72. The number of rotatable bonds is 6. The van der Waals surface area contributed by atoms with E-state index in [1.54, 1.807) is 7.11 Å². The van der Waals surface area contributed by atoms with Crippen LogP contribution >= 0.6 is 0 Å². The number of benzene rings is 1. The quantitative estimate of drug-likeness (QED) is 0.750. The van der Waals surface area contributed by atoms with Crippen molar-refractivity contribution in [3.05, 3.63) is 58.0 Å². The van der Waals surface area contributed by atoms with Gasteiger partial charge < -0.3 is 14.3 Å². The Bertz CT molecular complexity index is 693. The molecule has 0 atom stereocenters. The molecule has 0 aliphatic carbocycles. The number of pyridine rings is 1. The van der Waals surface area contributed by atoms with Crippen molar-refractivity contribution in [2.45, 2.75) is 6.61 Å². The second kappa shape index (κ2) is 6.60. The molecule has 0 spiro atoms. The molecule has 0 saturated heterocycles. The predicted molar refractivity (Wildman–Crippen MR) is 75.9 cm³/mol. The van der Waals surface area contributed by atoms with Gasteiger partial charge in [0.15, 0.2) is 12.0 Å². The van der Waals surface area contributed by atoms with Crippen LogP contribution in [0.2, 0.25) is 0 Å². The highest BCUT2D eigenvalue weighted by atomic mass is 16.6. The van der Waals surface area contributed by atoms with Crippen molar-refractivity contribution in [3.63, 3.8) is 0 Å². The van der Waals surface area contributed by atoms with E-state index in [9.17, 15) is 9.59 Å². The molecule has 0 saturated carbocycles. The maximum atomic E-state index is 11.9. The van der Waals surface area contributed by atoms with E-state index in [1.165, 1.54) is 18.0 Å². The zero-order chi connectivity index (χ0) is 15.2. The third-order valence-electron chi connectivity index (χ3n) is 2.90. The molecule has 2 aromatic rings. The zero-order valence-corrected chi connectivity index (χ0v) is 11.7. The second-order valence-corrected chi connectivity index (χ2v) is 4.15. The molecule has 2 rings (SSSR count). The van der Waals surface area contributed by atoms with Gasteiger partial charge in [-0.2, -0.15) is 4.73 Å². The summed E-state index contributed by atoms with van der Waals surface area (Å²) in [6.45, 7) is 0.170. The normalized spacial score (nSPS) is 10.0. The molecule has 1 aromatic carbocycles. The van der Waals surface area contributed by atoms with Crippen LogP contribution in [0, 0.1) is 0 Å². The molecule has 1 heterocycles. The highest BCUT2D eigenvalue weighted by Gasteiger charge is 2.09. The van der Waals surface area contributed by atoms with Gasteiger partial charge in [0.05, 0.1) is 13.3 Å². The summed E-state index contributed by atoms with van der Waals surface area (Å²) >= 11 is 0. The molecule has 1 aromatic heterocycles. The molecular formula is C15H15NO5. The fraction of sp³-hybridized carbons (Fsp3) is 0.200. The van der Waals surface area contributed by atoms with Crippen molar-refractivity contribution in [1.29, 1.82) is 0 Å². The first-order valence-electron chi connectivity index (χ1n) is 6.20. The van der Waals surface area contributed by atoms with Gasteiger partial charge in [-0.05, 0) is 6.07 Å². The maximum Gasteiger partial charge on any atom is 0.224 e. The minimum Gasteiger partial charge on any atom is -0.496 e. The lowest BCUT2D eigenvalue weighted by molar-refractivity contribution is 0.105. The lowest BCUT2D eigenvalue weighted by Gasteiger charge is -2.12. The third-order valence-corrected chi connectivity index (χ3v) is 2.90. The van der Waals surface area contributed by atoms with Crippen LogP contribution in [0.15, 0.2) is 41.3 Å². The van der Waals surface area contributed by atoms with Gasteiger partial charge in [-0.1, -0.05) is 18.2 Å². The molecule has 0 unspecified atom stereocenters. The van der Waals surface area contributed by atoms with E-state index in [-0.39, 0.29) is 23.5 Å². The number of aromatic nitrogens is 1. The number of nitrogens with zero attached hydrogens (tertiary/aromatic N) is 1. The summed E-state index contributed by atoms with van der Waals surface area (Å²) in [4.78, 5) is 27.6. The highest BCUT2D eigenvalue weighted by Crippen LogP contribution is 2.18. The summed E-state index contributed by atoms with van der Waals surface area (Å²) in [5.41, 5.74) is 0.537.